The highest BCUT2D eigenvalue weighted by Gasteiger charge is 2.26. The zero-order valence-corrected chi connectivity index (χ0v) is 16.0. The molecule has 1 aromatic carbocycles. The SMILES string of the molecule is CN1CCC(C(=O)c2cccc(N(C)C(=O)c3ccc(F)cc3Cl)n2)CC1. The molecule has 27 heavy (non-hydrogen) atoms. The maximum Gasteiger partial charge on any atom is 0.260 e. The predicted molar refractivity (Wildman–Crippen MR) is 103 cm³/mol. The van der Waals surface area contributed by atoms with E-state index in [0.29, 0.717) is 11.5 Å². The average Bonchev–Trinajstić information content (AvgIpc) is 2.67. The Morgan fingerprint density at radius 3 is 2.59 bits per heavy atom. The van der Waals surface area contributed by atoms with E-state index in [1.165, 1.54) is 17.0 Å². The lowest BCUT2D eigenvalue weighted by Gasteiger charge is -2.27. The van der Waals surface area contributed by atoms with Crippen molar-refractivity contribution in [2.45, 2.75) is 12.8 Å². The second kappa shape index (κ2) is 8.15. The van der Waals surface area contributed by atoms with Crippen LogP contribution < -0.4 is 4.90 Å². The molecule has 0 radical (unpaired) electrons. The van der Waals surface area contributed by atoms with Gasteiger partial charge in [0.05, 0.1) is 10.6 Å². The van der Waals surface area contributed by atoms with E-state index in [4.69, 9.17) is 11.6 Å². The van der Waals surface area contributed by atoms with Crippen LogP contribution in [0.5, 0.6) is 0 Å². The number of piperidine rings is 1. The van der Waals surface area contributed by atoms with Crippen LogP contribution >= 0.6 is 11.6 Å². The van der Waals surface area contributed by atoms with Gasteiger partial charge in [-0.1, -0.05) is 17.7 Å². The quantitative estimate of drug-likeness (QED) is 0.748. The first-order valence-electron chi connectivity index (χ1n) is 8.79. The lowest BCUT2D eigenvalue weighted by Crippen LogP contribution is -2.34. The molecular weight excluding hydrogens is 369 g/mol. The van der Waals surface area contributed by atoms with Gasteiger partial charge < -0.3 is 4.90 Å². The second-order valence-corrected chi connectivity index (χ2v) is 7.22. The fourth-order valence-electron chi connectivity index (χ4n) is 3.17. The molecule has 0 saturated carbocycles. The van der Waals surface area contributed by atoms with E-state index in [9.17, 15) is 14.0 Å². The highest BCUT2D eigenvalue weighted by molar-refractivity contribution is 6.34. The van der Waals surface area contributed by atoms with Gasteiger partial charge in [-0.05, 0) is 63.3 Å². The van der Waals surface area contributed by atoms with Gasteiger partial charge in [0.2, 0.25) is 0 Å². The molecule has 1 amide bonds. The van der Waals surface area contributed by atoms with Crippen LogP contribution in [0.25, 0.3) is 0 Å². The van der Waals surface area contributed by atoms with Gasteiger partial charge in [-0.25, -0.2) is 9.37 Å². The van der Waals surface area contributed by atoms with Crippen LogP contribution in [0.4, 0.5) is 10.2 Å². The van der Waals surface area contributed by atoms with Gasteiger partial charge in [0, 0.05) is 13.0 Å². The molecule has 0 atom stereocenters. The van der Waals surface area contributed by atoms with Crippen LogP contribution in [0, 0.1) is 11.7 Å². The second-order valence-electron chi connectivity index (χ2n) is 6.81. The Hall–Kier alpha value is -2.31. The van der Waals surface area contributed by atoms with Crippen LogP contribution in [-0.4, -0.2) is 48.8 Å². The van der Waals surface area contributed by atoms with Gasteiger partial charge >= 0.3 is 0 Å². The number of halogens is 2. The van der Waals surface area contributed by atoms with Crippen LogP contribution in [0.15, 0.2) is 36.4 Å². The molecule has 7 heteroatoms. The zero-order chi connectivity index (χ0) is 19.6. The van der Waals surface area contributed by atoms with Gasteiger partial charge in [-0.3, -0.25) is 14.5 Å². The number of anilines is 1. The molecule has 142 valence electrons. The Balaban J connectivity index is 1.80. The van der Waals surface area contributed by atoms with E-state index in [1.54, 1.807) is 25.2 Å². The summed E-state index contributed by atoms with van der Waals surface area (Å²) >= 11 is 5.98. The number of amides is 1. The number of hydrogen-bond acceptors (Lipinski definition) is 4. The van der Waals surface area contributed by atoms with Gasteiger partial charge in [-0.15, -0.1) is 0 Å². The number of aromatic nitrogens is 1. The molecule has 5 nitrogen and oxygen atoms in total. The van der Waals surface area contributed by atoms with Crippen molar-refractivity contribution in [2.75, 3.05) is 32.1 Å². The first-order chi connectivity index (χ1) is 12.9. The summed E-state index contributed by atoms with van der Waals surface area (Å²) in [5, 5.41) is 0.0328. The first kappa shape index (κ1) is 19.5. The van der Waals surface area contributed by atoms with Crippen molar-refractivity contribution in [3.63, 3.8) is 0 Å². The van der Waals surface area contributed by atoms with Crippen LogP contribution in [0.3, 0.4) is 0 Å². The topological polar surface area (TPSA) is 53.5 Å². The monoisotopic (exact) mass is 389 g/mol. The van der Waals surface area contributed by atoms with E-state index < -0.39 is 11.7 Å². The van der Waals surface area contributed by atoms with Gasteiger partial charge in [0.1, 0.15) is 17.3 Å². The smallest absolute Gasteiger partial charge is 0.260 e. The minimum absolute atomic E-state index is 0.00520. The van der Waals surface area contributed by atoms with Crippen molar-refractivity contribution < 1.29 is 14.0 Å². The number of benzene rings is 1. The number of carbonyl (C=O) groups excluding carboxylic acids is 2. The molecular formula is C20H21ClFN3O2. The third-order valence-electron chi connectivity index (χ3n) is 4.89. The molecule has 1 aromatic heterocycles. The van der Waals surface area contributed by atoms with Gasteiger partial charge in [0.25, 0.3) is 5.91 Å². The fraction of sp³-hybridized carbons (Fsp3) is 0.350. The summed E-state index contributed by atoms with van der Waals surface area (Å²) in [4.78, 5) is 33.3. The summed E-state index contributed by atoms with van der Waals surface area (Å²) in [5.74, 6) is -0.624. The van der Waals surface area contributed by atoms with Crippen LogP contribution in [-0.2, 0) is 0 Å². The predicted octanol–water partition coefficient (Wildman–Crippen LogP) is 3.68. The van der Waals surface area contributed by atoms with Crippen LogP contribution in [0.2, 0.25) is 5.02 Å². The maximum atomic E-state index is 13.2. The maximum absolute atomic E-state index is 13.2. The molecule has 0 unspecified atom stereocenters. The lowest BCUT2D eigenvalue weighted by molar-refractivity contribution is 0.0850. The highest BCUT2D eigenvalue weighted by Crippen LogP contribution is 2.23. The Bertz CT molecular complexity index is 866. The van der Waals surface area contributed by atoms with Crippen molar-refractivity contribution in [3.8, 4) is 0 Å². The van der Waals surface area contributed by atoms with Crippen molar-refractivity contribution >= 4 is 29.1 Å². The molecule has 0 N–H and O–H groups in total. The van der Waals surface area contributed by atoms with Crippen LogP contribution in [0.1, 0.15) is 33.7 Å². The Labute approximate surface area is 162 Å². The average molecular weight is 390 g/mol. The number of nitrogens with zero attached hydrogens (tertiary/aromatic N) is 3. The lowest BCUT2D eigenvalue weighted by atomic mass is 9.91. The Morgan fingerprint density at radius 1 is 1.22 bits per heavy atom. The standard InChI is InChI=1S/C20H21ClFN3O2/c1-24-10-8-13(9-11-24)19(26)17-4-3-5-18(23-17)25(2)20(27)15-7-6-14(22)12-16(15)21/h3-7,12-13H,8-11H2,1-2H3. The molecule has 1 saturated heterocycles. The van der Waals surface area contributed by atoms with Crippen molar-refractivity contribution in [3.05, 3.63) is 58.5 Å². The number of likely N-dealkylation sites (tertiary alicyclic amines) is 1. The molecule has 1 fully saturated rings. The summed E-state index contributed by atoms with van der Waals surface area (Å²) in [7, 11) is 3.59. The molecule has 3 rings (SSSR count). The molecule has 1 aliphatic rings. The third-order valence-corrected chi connectivity index (χ3v) is 5.20. The molecule has 0 bridgehead atoms. The summed E-state index contributed by atoms with van der Waals surface area (Å²) in [5.41, 5.74) is 0.529. The minimum atomic E-state index is -0.511. The summed E-state index contributed by atoms with van der Waals surface area (Å²) in [6.45, 7) is 1.77. The number of rotatable bonds is 4. The number of pyridine rings is 1. The molecule has 2 aromatic rings. The van der Waals surface area contributed by atoms with Crippen molar-refractivity contribution in [1.82, 2.24) is 9.88 Å². The first-order valence-corrected chi connectivity index (χ1v) is 9.17. The van der Waals surface area contributed by atoms with E-state index >= 15 is 0 Å². The van der Waals surface area contributed by atoms with E-state index in [1.807, 2.05) is 7.05 Å². The van der Waals surface area contributed by atoms with E-state index in [-0.39, 0.29) is 22.3 Å². The van der Waals surface area contributed by atoms with Gasteiger partial charge in [-0.2, -0.15) is 0 Å². The highest BCUT2D eigenvalue weighted by atomic mass is 35.5. The number of ketones is 1. The molecule has 0 aliphatic carbocycles. The fourth-order valence-corrected chi connectivity index (χ4v) is 3.42. The van der Waals surface area contributed by atoms with Gasteiger partial charge in [0.15, 0.2) is 5.78 Å². The molecule has 2 heterocycles. The Morgan fingerprint density at radius 2 is 1.93 bits per heavy atom. The van der Waals surface area contributed by atoms with E-state index in [2.05, 4.69) is 9.88 Å². The third kappa shape index (κ3) is 4.34. The summed E-state index contributed by atoms with van der Waals surface area (Å²) < 4.78 is 13.2. The van der Waals surface area contributed by atoms with Crippen molar-refractivity contribution in [1.29, 1.82) is 0 Å². The molecule has 1 aliphatic heterocycles. The Kier molecular flexibility index (Phi) is 5.87. The largest absolute Gasteiger partial charge is 0.306 e. The number of hydrogen-bond donors (Lipinski definition) is 0. The molecule has 0 spiro atoms. The number of carbonyl (C=O) groups is 2. The number of Topliss-reactive ketones (excluding diaryl/α,β-unsaturated/α-hetero) is 1. The van der Waals surface area contributed by atoms with Crippen molar-refractivity contribution in [2.24, 2.45) is 5.92 Å². The normalized spacial score (nSPS) is 15.6. The summed E-state index contributed by atoms with van der Waals surface area (Å²) in [6.07, 6.45) is 1.61. The summed E-state index contributed by atoms with van der Waals surface area (Å²) in [6, 6.07) is 8.65. The minimum Gasteiger partial charge on any atom is -0.306 e. The zero-order valence-electron chi connectivity index (χ0n) is 15.3. The van der Waals surface area contributed by atoms with E-state index in [0.717, 1.165) is 32.0 Å².